The molecule has 0 aromatic heterocycles. The summed E-state index contributed by atoms with van der Waals surface area (Å²) in [5.41, 5.74) is 2.81. The van der Waals surface area contributed by atoms with Gasteiger partial charge in [-0.2, -0.15) is 0 Å². The third-order valence-corrected chi connectivity index (χ3v) is 6.94. The van der Waals surface area contributed by atoms with E-state index in [0.717, 1.165) is 23.1 Å². The van der Waals surface area contributed by atoms with Crippen molar-refractivity contribution in [2.75, 3.05) is 18.5 Å². The van der Waals surface area contributed by atoms with Crippen molar-refractivity contribution in [2.45, 2.75) is 65.1 Å². The Labute approximate surface area is 253 Å². The molecule has 42 heavy (non-hydrogen) atoms. The highest BCUT2D eigenvalue weighted by molar-refractivity contribution is 6.34. The summed E-state index contributed by atoms with van der Waals surface area (Å²) in [6.07, 6.45) is 0.183. The second-order valence-electron chi connectivity index (χ2n) is 11.1. The molecule has 0 fully saturated rings. The zero-order valence-electron chi connectivity index (χ0n) is 24.8. The van der Waals surface area contributed by atoms with Gasteiger partial charge in [0.1, 0.15) is 17.7 Å². The van der Waals surface area contributed by atoms with Crippen LogP contribution in [0.5, 0.6) is 0 Å². The van der Waals surface area contributed by atoms with E-state index >= 15 is 0 Å². The van der Waals surface area contributed by atoms with Crippen LogP contribution in [0.4, 0.5) is 10.5 Å². The fourth-order valence-electron chi connectivity index (χ4n) is 4.56. The average Bonchev–Trinajstić information content (AvgIpc) is 2.94. The van der Waals surface area contributed by atoms with Crippen molar-refractivity contribution in [1.82, 2.24) is 10.2 Å². The van der Waals surface area contributed by atoms with Gasteiger partial charge in [0, 0.05) is 13.0 Å². The molecular formula is C33H40ClN3O5. The first-order valence-corrected chi connectivity index (χ1v) is 14.4. The van der Waals surface area contributed by atoms with Gasteiger partial charge in [-0.3, -0.25) is 9.59 Å². The second kappa shape index (κ2) is 14.8. The van der Waals surface area contributed by atoms with Crippen molar-refractivity contribution in [2.24, 2.45) is 0 Å². The third kappa shape index (κ3) is 9.06. The summed E-state index contributed by atoms with van der Waals surface area (Å²) in [7, 11) is 0. The number of nitrogens with one attached hydrogen (secondary N) is 2. The molecule has 0 aliphatic heterocycles. The molecule has 3 rings (SSSR count). The van der Waals surface area contributed by atoms with Gasteiger partial charge in [0.2, 0.25) is 5.91 Å². The summed E-state index contributed by atoms with van der Waals surface area (Å²) in [5.74, 6) is -1.05. The van der Waals surface area contributed by atoms with Crippen molar-refractivity contribution >= 4 is 35.2 Å². The predicted octanol–water partition coefficient (Wildman–Crippen LogP) is 5.85. The van der Waals surface area contributed by atoms with Gasteiger partial charge in [0.15, 0.2) is 0 Å². The second-order valence-corrected chi connectivity index (χ2v) is 11.5. The van der Waals surface area contributed by atoms with Gasteiger partial charge in [-0.05, 0) is 62.4 Å². The highest BCUT2D eigenvalue weighted by Gasteiger charge is 2.36. The van der Waals surface area contributed by atoms with Crippen LogP contribution < -0.4 is 10.6 Å². The minimum atomic E-state index is -1.13. The molecule has 0 radical (unpaired) electrons. The lowest BCUT2D eigenvalue weighted by Gasteiger charge is -2.34. The fourth-order valence-corrected chi connectivity index (χ4v) is 4.83. The van der Waals surface area contributed by atoms with Gasteiger partial charge in [-0.25, -0.2) is 4.79 Å². The highest BCUT2D eigenvalue weighted by atomic mass is 35.5. The number of halogens is 1. The number of amides is 3. The molecule has 2 atom stereocenters. The number of aliphatic hydroxyl groups is 1. The molecule has 0 saturated carbocycles. The van der Waals surface area contributed by atoms with Crippen LogP contribution in [0.15, 0.2) is 72.8 Å². The lowest BCUT2D eigenvalue weighted by atomic mass is 9.98. The molecule has 0 heterocycles. The van der Waals surface area contributed by atoms with Crippen LogP contribution in [0.3, 0.4) is 0 Å². The molecule has 0 saturated heterocycles. The van der Waals surface area contributed by atoms with Crippen molar-refractivity contribution < 1.29 is 24.2 Å². The Hall–Kier alpha value is -3.88. The molecule has 3 aromatic carbocycles. The number of carbonyl (C=O) groups excluding carboxylic acids is 3. The van der Waals surface area contributed by atoms with E-state index in [1.807, 2.05) is 62.4 Å². The molecule has 0 bridgehead atoms. The number of aliphatic hydroxyl groups excluding tert-OH is 1. The van der Waals surface area contributed by atoms with Gasteiger partial charge in [-0.15, -0.1) is 0 Å². The zero-order chi connectivity index (χ0) is 30.9. The van der Waals surface area contributed by atoms with Crippen molar-refractivity contribution in [1.29, 1.82) is 0 Å². The summed E-state index contributed by atoms with van der Waals surface area (Å²) in [6.45, 7) is 8.48. The molecule has 8 nitrogen and oxygen atoms in total. The van der Waals surface area contributed by atoms with E-state index in [1.165, 1.54) is 4.90 Å². The minimum absolute atomic E-state index is 0.146. The van der Waals surface area contributed by atoms with Gasteiger partial charge in [-0.1, -0.05) is 85.3 Å². The quantitative estimate of drug-likeness (QED) is 0.259. The van der Waals surface area contributed by atoms with Crippen LogP contribution in [0.1, 0.15) is 56.0 Å². The van der Waals surface area contributed by atoms with E-state index in [-0.39, 0.29) is 13.0 Å². The summed E-state index contributed by atoms with van der Waals surface area (Å²) in [4.78, 5) is 42.5. The van der Waals surface area contributed by atoms with E-state index in [9.17, 15) is 19.5 Å². The van der Waals surface area contributed by atoms with E-state index in [1.54, 1.807) is 45.0 Å². The number of rotatable bonds is 11. The first-order valence-electron chi connectivity index (χ1n) is 14.0. The number of carbonyl (C=O) groups is 3. The molecule has 0 spiro atoms. The Morgan fingerprint density at radius 1 is 0.952 bits per heavy atom. The predicted molar refractivity (Wildman–Crippen MR) is 165 cm³/mol. The summed E-state index contributed by atoms with van der Waals surface area (Å²) >= 11 is 6.42. The molecule has 3 amide bonds. The van der Waals surface area contributed by atoms with Gasteiger partial charge < -0.3 is 25.4 Å². The Morgan fingerprint density at radius 2 is 1.62 bits per heavy atom. The number of ether oxygens (including phenoxy) is 1. The summed E-state index contributed by atoms with van der Waals surface area (Å²) in [5, 5.41) is 16.0. The van der Waals surface area contributed by atoms with E-state index < -0.39 is 42.2 Å². The van der Waals surface area contributed by atoms with Gasteiger partial charge in [0.25, 0.3) is 5.91 Å². The largest absolute Gasteiger partial charge is 0.444 e. The average molecular weight is 594 g/mol. The molecule has 9 heteroatoms. The van der Waals surface area contributed by atoms with E-state index in [0.29, 0.717) is 16.3 Å². The number of alkyl carbamates (subject to hydrolysis) is 1. The number of hydrogen-bond donors (Lipinski definition) is 3. The zero-order valence-corrected chi connectivity index (χ0v) is 25.6. The van der Waals surface area contributed by atoms with E-state index in [2.05, 4.69) is 10.6 Å². The molecular weight excluding hydrogens is 554 g/mol. The summed E-state index contributed by atoms with van der Waals surface area (Å²) in [6, 6.07) is 19.7. The standard InChI is InChI=1S/C33H40ClN3O5/c1-6-23-15-17-25(18-16-23)29(30(39)36-28-22(2)11-10-14-26(28)34)37(19-20-38)31(40)27(21-24-12-8-7-9-13-24)35-32(41)42-33(3,4)5/h7-18,27,29,38H,6,19-21H2,1-5H3,(H,35,41)(H,36,39). The Kier molecular flexibility index (Phi) is 11.5. The van der Waals surface area contributed by atoms with Crippen LogP contribution in [0.25, 0.3) is 0 Å². The lowest BCUT2D eigenvalue weighted by molar-refractivity contribution is -0.141. The summed E-state index contributed by atoms with van der Waals surface area (Å²) < 4.78 is 5.46. The fraction of sp³-hybridized carbons (Fsp3) is 0.364. The first-order chi connectivity index (χ1) is 19.9. The van der Waals surface area contributed by atoms with Gasteiger partial charge >= 0.3 is 6.09 Å². The molecule has 0 aliphatic carbocycles. The molecule has 224 valence electrons. The SMILES string of the molecule is CCc1ccc(C(C(=O)Nc2c(C)cccc2Cl)N(CCO)C(=O)C(Cc2ccccc2)NC(=O)OC(C)(C)C)cc1. The van der Waals surface area contributed by atoms with Gasteiger partial charge in [0.05, 0.1) is 17.3 Å². The maximum absolute atomic E-state index is 14.3. The van der Waals surface area contributed by atoms with Crippen LogP contribution in [0.2, 0.25) is 5.02 Å². The normalized spacial score (nSPS) is 12.6. The van der Waals surface area contributed by atoms with Crippen LogP contribution in [-0.4, -0.2) is 52.7 Å². The lowest BCUT2D eigenvalue weighted by Crippen LogP contribution is -2.53. The number of para-hydroxylation sites is 1. The third-order valence-electron chi connectivity index (χ3n) is 6.63. The maximum Gasteiger partial charge on any atom is 0.408 e. The van der Waals surface area contributed by atoms with Crippen molar-refractivity contribution in [3.63, 3.8) is 0 Å². The van der Waals surface area contributed by atoms with Crippen LogP contribution in [-0.2, 0) is 27.2 Å². The molecule has 3 aromatic rings. The minimum Gasteiger partial charge on any atom is -0.444 e. The van der Waals surface area contributed by atoms with E-state index in [4.69, 9.17) is 16.3 Å². The van der Waals surface area contributed by atoms with Crippen molar-refractivity contribution in [3.8, 4) is 0 Å². The number of hydrogen-bond acceptors (Lipinski definition) is 5. The molecule has 0 aliphatic rings. The first kappa shape index (κ1) is 32.6. The number of benzene rings is 3. The number of aryl methyl sites for hydroxylation is 2. The topological polar surface area (TPSA) is 108 Å². The monoisotopic (exact) mass is 593 g/mol. The molecule has 2 unspecified atom stereocenters. The van der Waals surface area contributed by atoms with Crippen molar-refractivity contribution in [3.05, 3.63) is 100 Å². The number of nitrogens with zero attached hydrogens (tertiary/aromatic N) is 1. The number of anilines is 1. The maximum atomic E-state index is 14.3. The highest BCUT2D eigenvalue weighted by Crippen LogP contribution is 2.30. The Morgan fingerprint density at radius 3 is 2.19 bits per heavy atom. The van der Waals surface area contributed by atoms with Crippen LogP contribution in [0, 0.1) is 6.92 Å². The van der Waals surface area contributed by atoms with Crippen LogP contribution >= 0.6 is 11.6 Å². The smallest absolute Gasteiger partial charge is 0.408 e. The Balaban J connectivity index is 2.06. The Bertz CT molecular complexity index is 1340. The molecule has 3 N–H and O–H groups in total.